The Balaban J connectivity index is 1.81. The molecule has 1 aliphatic rings. The van der Waals surface area contributed by atoms with E-state index < -0.39 is 5.97 Å². The van der Waals surface area contributed by atoms with E-state index in [0.717, 1.165) is 31.1 Å². The lowest BCUT2D eigenvalue weighted by atomic mass is 10.2. The Hall–Kier alpha value is -1.79. The maximum absolute atomic E-state index is 11.4. The fraction of sp³-hybridized carbons (Fsp3) is 0.400. The number of nitrogens with zero attached hydrogens (tertiary/aromatic N) is 3. The number of hydrogen-bond acceptors (Lipinski definition) is 5. The van der Waals surface area contributed by atoms with Gasteiger partial charge in [-0.2, -0.15) is 0 Å². The van der Waals surface area contributed by atoms with Crippen molar-refractivity contribution in [2.45, 2.75) is 19.3 Å². The first-order valence-corrected chi connectivity index (χ1v) is 7.92. The molecule has 2 aromatic heterocycles. The van der Waals surface area contributed by atoms with E-state index in [-0.39, 0.29) is 4.88 Å². The van der Waals surface area contributed by atoms with Gasteiger partial charge in [0.1, 0.15) is 10.6 Å². The van der Waals surface area contributed by atoms with Crippen LogP contribution in [0.25, 0.3) is 11.4 Å². The Bertz CT molecular complexity index is 621. The van der Waals surface area contributed by atoms with Crippen molar-refractivity contribution >= 4 is 17.3 Å². The molecule has 3 rings (SSSR count). The van der Waals surface area contributed by atoms with Crippen LogP contribution < -0.4 is 0 Å². The minimum Gasteiger partial charge on any atom is -0.477 e. The third-order valence-electron chi connectivity index (χ3n) is 3.61. The van der Waals surface area contributed by atoms with Gasteiger partial charge >= 0.3 is 5.97 Å². The van der Waals surface area contributed by atoms with Crippen molar-refractivity contribution in [1.82, 2.24) is 14.9 Å². The molecule has 0 unspecified atom stereocenters. The summed E-state index contributed by atoms with van der Waals surface area (Å²) in [5.41, 5.74) is 1.11. The van der Waals surface area contributed by atoms with Gasteiger partial charge in [0.25, 0.3) is 0 Å². The lowest BCUT2D eigenvalue weighted by Gasteiger charge is -2.12. The largest absolute Gasteiger partial charge is 0.477 e. The molecule has 1 fully saturated rings. The Labute approximate surface area is 127 Å². The zero-order chi connectivity index (χ0) is 14.7. The van der Waals surface area contributed by atoms with Crippen LogP contribution in [-0.2, 0) is 6.42 Å². The van der Waals surface area contributed by atoms with Gasteiger partial charge in [0.05, 0.1) is 10.7 Å². The van der Waals surface area contributed by atoms with Crippen molar-refractivity contribution in [2.75, 3.05) is 19.6 Å². The smallest absolute Gasteiger partial charge is 0.348 e. The van der Waals surface area contributed by atoms with Crippen molar-refractivity contribution < 1.29 is 9.90 Å². The Morgan fingerprint density at radius 2 is 2.14 bits per heavy atom. The summed E-state index contributed by atoms with van der Waals surface area (Å²) >= 11 is 1.27. The first kappa shape index (κ1) is 14.2. The second-order valence-electron chi connectivity index (χ2n) is 5.10. The van der Waals surface area contributed by atoms with Gasteiger partial charge in [-0.1, -0.05) is 6.07 Å². The number of hydrogen-bond donors (Lipinski definition) is 1. The highest BCUT2D eigenvalue weighted by atomic mass is 32.1. The molecule has 5 nitrogen and oxygen atoms in total. The fourth-order valence-corrected chi connectivity index (χ4v) is 3.45. The van der Waals surface area contributed by atoms with Crippen molar-refractivity contribution in [3.8, 4) is 11.4 Å². The van der Waals surface area contributed by atoms with Gasteiger partial charge < -0.3 is 10.0 Å². The molecule has 1 saturated heterocycles. The summed E-state index contributed by atoms with van der Waals surface area (Å²) in [7, 11) is 0. The average molecular weight is 303 g/mol. The molecule has 0 atom stereocenters. The molecule has 0 aromatic carbocycles. The Morgan fingerprint density at radius 3 is 2.81 bits per heavy atom. The van der Waals surface area contributed by atoms with E-state index in [0.29, 0.717) is 11.4 Å². The van der Waals surface area contributed by atoms with Gasteiger partial charge in [0.2, 0.25) is 0 Å². The molecule has 21 heavy (non-hydrogen) atoms. The Morgan fingerprint density at radius 1 is 1.33 bits per heavy atom. The lowest BCUT2D eigenvalue weighted by Crippen LogP contribution is -2.21. The molecule has 6 heteroatoms. The maximum atomic E-state index is 11.4. The zero-order valence-electron chi connectivity index (χ0n) is 11.7. The highest BCUT2D eigenvalue weighted by Crippen LogP contribution is 2.27. The molecule has 2 aromatic rings. The summed E-state index contributed by atoms with van der Waals surface area (Å²) < 4.78 is 0. The summed E-state index contributed by atoms with van der Waals surface area (Å²) in [5, 5.41) is 10.2. The minimum absolute atomic E-state index is 0.283. The molecular weight excluding hydrogens is 286 g/mol. The molecule has 0 saturated carbocycles. The van der Waals surface area contributed by atoms with Crippen molar-refractivity contribution in [3.63, 3.8) is 0 Å². The molecule has 0 spiro atoms. The second-order valence-corrected chi connectivity index (χ2v) is 6.19. The third-order valence-corrected chi connectivity index (χ3v) is 4.72. The first-order valence-electron chi connectivity index (χ1n) is 7.11. The van der Waals surface area contributed by atoms with Crippen molar-refractivity contribution in [3.05, 3.63) is 34.3 Å². The summed E-state index contributed by atoms with van der Waals surface area (Å²) in [6.45, 7) is 3.24. The maximum Gasteiger partial charge on any atom is 0.348 e. The van der Waals surface area contributed by atoms with Gasteiger partial charge in [-0.15, -0.1) is 11.3 Å². The molecule has 110 valence electrons. The van der Waals surface area contributed by atoms with Crippen molar-refractivity contribution in [2.24, 2.45) is 0 Å². The molecule has 3 heterocycles. The van der Waals surface area contributed by atoms with E-state index in [1.807, 2.05) is 12.1 Å². The van der Waals surface area contributed by atoms with E-state index in [4.69, 9.17) is 0 Å². The predicted octanol–water partition coefficient (Wildman–Crippen LogP) is 2.54. The molecule has 0 bridgehead atoms. The summed E-state index contributed by atoms with van der Waals surface area (Å²) in [4.78, 5) is 22.8. The fourth-order valence-electron chi connectivity index (χ4n) is 2.55. The zero-order valence-corrected chi connectivity index (χ0v) is 12.5. The monoisotopic (exact) mass is 303 g/mol. The molecule has 0 amide bonds. The predicted molar refractivity (Wildman–Crippen MR) is 81.7 cm³/mol. The van der Waals surface area contributed by atoms with Crippen LogP contribution in [0.1, 0.15) is 27.5 Å². The number of carbonyl (C=O) groups is 1. The molecule has 1 N–H and O–H groups in total. The van der Waals surface area contributed by atoms with Gasteiger partial charge in [-0.05, 0) is 38.1 Å². The molecule has 0 aliphatic carbocycles. The number of aromatic nitrogens is 2. The van der Waals surface area contributed by atoms with Crippen LogP contribution in [-0.4, -0.2) is 45.6 Å². The van der Waals surface area contributed by atoms with Crippen LogP contribution in [0.5, 0.6) is 0 Å². The quantitative estimate of drug-likeness (QED) is 0.919. The van der Waals surface area contributed by atoms with Gasteiger partial charge in [-0.3, -0.25) is 4.98 Å². The minimum atomic E-state index is -0.930. The highest BCUT2D eigenvalue weighted by molar-refractivity contribution is 7.14. The number of carboxylic acid groups (broad SMARTS) is 1. The second kappa shape index (κ2) is 6.32. The molecule has 0 radical (unpaired) electrons. The van der Waals surface area contributed by atoms with E-state index in [1.165, 1.54) is 24.2 Å². The van der Waals surface area contributed by atoms with Crippen LogP contribution >= 0.6 is 11.3 Å². The van der Waals surface area contributed by atoms with E-state index in [1.54, 1.807) is 12.3 Å². The van der Waals surface area contributed by atoms with E-state index >= 15 is 0 Å². The van der Waals surface area contributed by atoms with Crippen LogP contribution in [0.3, 0.4) is 0 Å². The van der Waals surface area contributed by atoms with Gasteiger partial charge in [-0.25, -0.2) is 9.78 Å². The topological polar surface area (TPSA) is 66.3 Å². The normalized spacial score (nSPS) is 15.4. The van der Waals surface area contributed by atoms with Gasteiger partial charge in [0, 0.05) is 19.2 Å². The number of rotatable bonds is 5. The number of thiazole rings is 1. The van der Waals surface area contributed by atoms with Crippen LogP contribution in [0.2, 0.25) is 0 Å². The van der Waals surface area contributed by atoms with Crippen LogP contribution in [0.15, 0.2) is 24.4 Å². The lowest BCUT2D eigenvalue weighted by molar-refractivity contribution is 0.0702. The van der Waals surface area contributed by atoms with Crippen LogP contribution in [0, 0.1) is 0 Å². The van der Waals surface area contributed by atoms with Crippen molar-refractivity contribution in [1.29, 1.82) is 0 Å². The van der Waals surface area contributed by atoms with Gasteiger partial charge in [0.15, 0.2) is 0 Å². The summed E-state index contributed by atoms with van der Waals surface area (Å²) in [6, 6.07) is 5.45. The van der Waals surface area contributed by atoms with E-state index in [2.05, 4.69) is 14.9 Å². The highest BCUT2D eigenvalue weighted by Gasteiger charge is 2.20. The number of carboxylic acids is 1. The number of aromatic carboxylic acids is 1. The third kappa shape index (κ3) is 3.28. The standard InChI is InChI=1S/C15H17N3O2S/c19-15(20)14-13(11-5-1-2-7-16-11)17-12(21-14)6-10-18-8-3-4-9-18/h1-2,5,7H,3-4,6,8-10H2,(H,19,20). The summed E-state index contributed by atoms with van der Waals surface area (Å²) in [6.07, 6.45) is 4.98. The molecule has 1 aliphatic heterocycles. The number of likely N-dealkylation sites (tertiary alicyclic amines) is 1. The Kier molecular flexibility index (Phi) is 4.26. The molecular formula is C15H17N3O2S. The SMILES string of the molecule is O=C(O)c1sc(CCN2CCCC2)nc1-c1ccccn1. The summed E-state index contributed by atoms with van der Waals surface area (Å²) in [5.74, 6) is -0.930. The first-order chi connectivity index (χ1) is 10.2. The van der Waals surface area contributed by atoms with E-state index in [9.17, 15) is 9.90 Å². The number of pyridine rings is 1. The average Bonchev–Trinajstić information content (AvgIpc) is 3.15. The van der Waals surface area contributed by atoms with Crippen LogP contribution in [0.4, 0.5) is 0 Å².